The Hall–Kier alpha value is -2.33. The maximum Gasteiger partial charge on any atom is 0.460 e. The van der Waals surface area contributed by atoms with E-state index in [-0.39, 0.29) is 6.42 Å². The quantitative estimate of drug-likeness (QED) is 0.267. The van der Waals surface area contributed by atoms with Crippen molar-refractivity contribution in [2.75, 3.05) is 0 Å². The van der Waals surface area contributed by atoms with E-state index in [2.05, 4.69) is 4.74 Å². The second-order valence-electron chi connectivity index (χ2n) is 5.41. The van der Waals surface area contributed by atoms with Gasteiger partial charge in [-0.1, -0.05) is 31.9 Å². The minimum absolute atomic E-state index is 0.0571. The van der Waals surface area contributed by atoms with Gasteiger partial charge in [-0.2, -0.15) is 30.7 Å². The van der Waals surface area contributed by atoms with Crippen LogP contribution in [-0.2, 0) is 9.59 Å². The van der Waals surface area contributed by atoms with Gasteiger partial charge in [0.25, 0.3) is 0 Å². The van der Waals surface area contributed by atoms with Gasteiger partial charge in [0.2, 0.25) is 0 Å². The van der Waals surface area contributed by atoms with E-state index in [1.165, 1.54) is 6.07 Å². The highest BCUT2D eigenvalue weighted by Crippen LogP contribution is 2.47. The molecule has 1 rings (SSSR count). The molecule has 0 atom stereocenters. The summed E-state index contributed by atoms with van der Waals surface area (Å²) < 4.78 is 97.5. The third-order valence-corrected chi connectivity index (χ3v) is 3.27. The molecule has 0 aliphatic carbocycles. The van der Waals surface area contributed by atoms with Crippen molar-refractivity contribution >= 4 is 11.9 Å². The maximum absolute atomic E-state index is 13.3. The Kier molecular flexibility index (Phi) is 7.21. The van der Waals surface area contributed by atoms with Crippen LogP contribution in [0.25, 0.3) is 0 Å². The number of hydrogen-bond donors (Lipinski definition) is 0. The van der Waals surface area contributed by atoms with Crippen LogP contribution in [0.4, 0.5) is 30.7 Å². The zero-order chi connectivity index (χ0) is 20.9. The summed E-state index contributed by atoms with van der Waals surface area (Å²) in [6, 6.07) is 4.15. The molecule has 0 aliphatic rings. The summed E-state index contributed by atoms with van der Waals surface area (Å²) in [6.45, 7) is 1.87. The van der Waals surface area contributed by atoms with Crippen LogP contribution in [0.2, 0.25) is 0 Å². The highest BCUT2D eigenvalue weighted by Gasteiger charge is 2.77. The zero-order valence-corrected chi connectivity index (χ0v) is 13.9. The lowest BCUT2D eigenvalue weighted by atomic mass is 10.1. The number of halogens is 7. The van der Waals surface area contributed by atoms with Crippen LogP contribution < -0.4 is 9.47 Å². The first-order valence-electron chi connectivity index (χ1n) is 7.69. The molecule has 0 heterocycles. The molecule has 0 N–H and O–H groups in total. The third kappa shape index (κ3) is 5.33. The minimum Gasteiger partial charge on any atom is -0.423 e. The number of para-hydroxylation sites is 2. The lowest BCUT2D eigenvalue weighted by Gasteiger charge is -2.26. The Balaban J connectivity index is 2.96. The SMILES string of the molecule is CCCCCC(=O)Oc1ccccc1OC(=O)C(F)(F)C(F)(F)C(F)(F)F. The van der Waals surface area contributed by atoms with Crippen LogP contribution in [0.3, 0.4) is 0 Å². The number of benzene rings is 1. The fourth-order valence-electron chi connectivity index (χ4n) is 1.78. The molecular formula is C16H15F7O4. The number of esters is 2. The summed E-state index contributed by atoms with van der Waals surface area (Å²) in [6.07, 6.45) is -4.79. The van der Waals surface area contributed by atoms with E-state index in [1.54, 1.807) is 0 Å². The van der Waals surface area contributed by atoms with E-state index in [9.17, 15) is 40.3 Å². The highest BCUT2D eigenvalue weighted by molar-refractivity contribution is 5.82. The largest absolute Gasteiger partial charge is 0.460 e. The number of carbonyl (C=O) groups excluding carboxylic acids is 2. The van der Waals surface area contributed by atoms with Crippen LogP contribution in [0, 0.1) is 0 Å². The molecule has 0 bridgehead atoms. The molecule has 0 spiro atoms. The van der Waals surface area contributed by atoms with Gasteiger partial charge in [0, 0.05) is 6.42 Å². The van der Waals surface area contributed by atoms with Gasteiger partial charge in [-0.05, 0) is 18.6 Å². The van der Waals surface area contributed by atoms with E-state index < -0.39 is 41.5 Å². The molecule has 0 radical (unpaired) electrons. The van der Waals surface area contributed by atoms with Gasteiger partial charge in [0.1, 0.15) is 0 Å². The van der Waals surface area contributed by atoms with Crippen molar-refractivity contribution in [3.05, 3.63) is 24.3 Å². The summed E-state index contributed by atoms with van der Waals surface area (Å²) in [5.74, 6) is -18.3. The first-order chi connectivity index (χ1) is 12.3. The Bertz CT molecular complexity index is 671. The maximum atomic E-state index is 13.3. The number of ether oxygens (including phenoxy) is 2. The number of unbranched alkanes of at least 4 members (excludes halogenated alkanes) is 2. The second kappa shape index (κ2) is 8.57. The molecule has 0 saturated heterocycles. The number of hydrogen-bond acceptors (Lipinski definition) is 4. The molecule has 0 saturated carbocycles. The van der Waals surface area contributed by atoms with Gasteiger partial charge in [-0.25, -0.2) is 4.79 Å². The molecule has 0 aromatic heterocycles. The first kappa shape index (κ1) is 22.7. The average molecular weight is 404 g/mol. The Labute approximate surface area is 149 Å². The average Bonchev–Trinajstić information content (AvgIpc) is 2.55. The normalized spacial score (nSPS) is 12.6. The zero-order valence-electron chi connectivity index (χ0n) is 13.9. The predicted molar refractivity (Wildman–Crippen MR) is 77.8 cm³/mol. The van der Waals surface area contributed by atoms with Crippen molar-refractivity contribution in [1.82, 2.24) is 0 Å². The van der Waals surface area contributed by atoms with Gasteiger partial charge < -0.3 is 9.47 Å². The molecule has 11 heteroatoms. The molecule has 0 aliphatic heterocycles. The molecule has 152 valence electrons. The fourth-order valence-corrected chi connectivity index (χ4v) is 1.78. The van der Waals surface area contributed by atoms with E-state index in [0.717, 1.165) is 24.6 Å². The van der Waals surface area contributed by atoms with Crippen molar-refractivity contribution in [3.8, 4) is 11.5 Å². The Morgan fingerprint density at radius 3 is 1.89 bits per heavy atom. The van der Waals surface area contributed by atoms with Gasteiger partial charge in [0.05, 0.1) is 0 Å². The monoisotopic (exact) mass is 404 g/mol. The van der Waals surface area contributed by atoms with Gasteiger partial charge in [-0.3, -0.25) is 4.79 Å². The molecule has 0 unspecified atom stereocenters. The van der Waals surface area contributed by atoms with E-state index in [0.29, 0.717) is 12.8 Å². The Morgan fingerprint density at radius 2 is 1.41 bits per heavy atom. The van der Waals surface area contributed by atoms with Crippen LogP contribution in [0.5, 0.6) is 11.5 Å². The van der Waals surface area contributed by atoms with Crippen LogP contribution in [-0.4, -0.2) is 30.0 Å². The predicted octanol–water partition coefficient (Wildman–Crippen LogP) is 4.91. The van der Waals surface area contributed by atoms with Crippen molar-refractivity contribution in [1.29, 1.82) is 0 Å². The van der Waals surface area contributed by atoms with E-state index >= 15 is 0 Å². The lowest BCUT2D eigenvalue weighted by Crippen LogP contribution is -2.57. The highest BCUT2D eigenvalue weighted by atomic mass is 19.4. The minimum atomic E-state index is -6.68. The molecule has 27 heavy (non-hydrogen) atoms. The Morgan fingerprint density at radius 1 is 0.889 bits per heavy atom. The lowest BCUT2D eigenvalue weighted by molar-refractivity contribution is -0.346. The second-order valence-corrected chi connectivity index (χ2v) is 5.41. The number of carbonyl (C=O) groups is 2. The van der Waals surface area contributed by atoms with Crippen LogP contribution in [0.1, 0.15) is 32.6 Å². The summed E-state index contributed by atoms with van der Waals surface area (Å²) in [5, 5.41) is 0. The molecular weight excluding hydrogens is 389 g/mol. The van der Waals surface area contributed by atoms with Gasteiger partial charge in [-0.15, -0.1) is 0 Å². The summed E-state index contributed by atoms with van der Waals surface area (Å²) in [7, 11) is 0. The fraction of sp³-hybridized carbons (Fsp3) is 0.500. The molecule has 1 aromatic rings. The van der Waals surface area contributed by atoms with Crippen molar-refractivity contribution in [2.45, 2.75) is 50.6 Å². The summed E-state index contributed by atoms with van der Waals surface area (Å²) in [4.78, 5) is 22.9. The number of rotatable bonds is 8. The van der Waals surface area contributed by atoms with E-state index in [1.807, 2.05) is 6.92 Å². The summed E-state index contributed by atoms with van der Waals surface area (Å²) in [5.41, 5.74) is 0. The molecule has 0 fully saturated rings. The van der Waals surface area contributed by atoms with Crippen LogP contribution in [0.15, 0.2) is 24.3 Å². The van der Waals surface area contributed by atoms with E-state index in [4.69, 9.17) is 4.74 Å². The van der Waals surface area contributed by atoms with Gasteiger partial charge >= 0.3 is 30.0 Å². The molecule has 1 aromatic carbocycles. The van der Waals surface area contributed by atoms with Crippen molar-refractivity contribution in [3.63, 3.8) is 0 Å². The number of alkyl halides is 7. The third-order valence-electron chi connectivity index (χ3n) is 3.27. The van der Waals surface area contributed by atoms with Crippen molar-refractivity contribution in [2.24, 2.45) is 0 Å². The molecule has 0 amide bonds. The van der Waals surface area contributed by atoms with Crippen molar-refractivity contribution < 1.29 is 49.8 Å². The van der Waals surface area contributed by atoms with Crippen LogP contribution >= 0.6 is 0 Å². The summed E-state index contributed by atoms with van der Waals surface area (Å²) >= 11 is 0. The molecule has 4 nitrogen and oxygen atoms in total. The van der Waals surface area contributed by atoms with Gasteiger partial charge in [0.15, 0.2) is 11.5 Å². The standard InChI is InChI=1S/C16H15F7O4/c1-2-3-4-9-12(24)26-10-7-5-6-8-11(10)27-13(25)14(17,18)15(19,20)16(21,22)23/h5-8H,2-4,9H2,1H3. The first-order valence-corrected chi connectivity index (χ1v) is 7.69. The topological polar surface area (TPSA) is 52.6 Å². The smallest absolute Gasteiger partial charge is 0.423 e.